The van der Waals surface area contributed by atoms with Crippen molar-refractivity contribution in [2.75, 3.05) is 11.9 Å². The summed E-state index contributed by atoms with van der Waals surface area (Å²) in [6.45, 7) is 6.01. The summed E-state index contributed by atoms with van der Waals surface area (Å²) in [5.74, 6) is -0.596. The molecule has 37 heavy (non-hydrogen) atoms. The number of aromatic nitrogens is 2. The van der Waals surface area contributed by atoms with Crippen LogP contribution in [0, 0.1) is 12.8 Å². The molecule has 1 unspecified atom stereocenters. The van der Waals surface area contributed by atoms with Gasteiger partial charge < -0.3 is 15.7 Å². The van der Waals surface area contributed by atoms with Crippen molar-refractivity contribution in [2.24, 2.45) is 5.92 Å². The van der Waals surface area contributed by atoms with Crippen molar-refractivity contribution >= 4 is 17.7 Å². The lowest BCUT2D eigenvalue weighted by atomic mass is 9.98. The largest absolute Gasteiger partial charge is 0.481 e. The summed E-state index contributed by atoms with van der Waals surface area (Å²) < 4.78 is 38.9. The van der Waals surface area contributed by atoms with Gasteiger partial charge in [-0.3, -0.25) is 14.6 Å². The zero-order chi connectivity index (χ0) is 27.2. The molecule has 1 amide bonds. The van der Waals surface area contributed by atoms with E-state index in [1.54, 1.807) is 12.1 Å². The number of aliphatic carboxylic acids is 1. The molecule has 196 valence electrons. The van der Waals surface area contributed by atoms with Crippen LogP contribution in [-0.2, 0) is 11.0 Å². The Morgan fingerprint density at radius 1 is 1.03 bits per heavy atom. The topological polar surface area (TPSA) is 104 Å². The highest BCUT2D eigenvalue weighted by Crippen LogP contribution is 2.32. The first-order chi connectivity index (χ1) is 17.4. The Kier molecular flexibility index (Phi) is 8.86. The molecule has 2 heterocycles. The number of nitrogens with one attached hydrogen (secondary N) is 2. The fraction of sp³-hybridized carbons (Fsp3) is 0.333. The molecule has 7 nitrogen and oxygen atoms in total. The van der Waals surface area contributed by atoms with Gasteiger partial charge in [-0.05, 0) is 55.2 Å². The fourth-order valence-electron chi connectivity index (χ4n) is 3.75. The van der Waals surface area contributed by atoms with Gasteiger partial charge in [0.05, 0.1) is 35.0 Å². The summed E-state index contributed by atoms with van der Waals surface area (Å²) in [6, 6.07) is 11.7. The predicted molar refractivity (Wildman–Crippen MR) is 134 cm³/mol. The van der Waals surface area contributed by atoms with Crippen LogP contribution in [-0.4, -0.2) is 33.5 Å². The molecule has 1 aromatic carbocycles. The summed E-state index contributed by atoms with van der Waals surface area (Å²) >= 11 is 0. The lowest BCUT2D eigenvalue weighted by molar-refractivity contribution is -0.138. The van der Waals surface area contributed by atoms with Crippen LogP contribution < -0.4 is 10.6 Å². The SMILES string of the molecule is Cc1ccc(C(CC(C)C)Nc2ccc(C(=O)NCCC(=O)O)cn2)nc1-c1ccc(C(F)(F)F)cc1. The van der Waals surface area contributed by atoms with Gasteiger partial charge in [0.15, 0.2) is 0 Å². The first-order valence-electron chi connectivity index (χ1n) is 11.8. The number of carboxylic acids is 1. The van der Waals surface area contributed by atoms with Gasteiger partial charge in [0.2, 0.25) is 0 Å². The number of halogens is 3. The van der Waals surface area contributed by atoms with Crippen LogP contribution in [0.1, 0.15) is 59.9 Å². The van der Waals surface area contributed by atoms with E-state index in [0.29, 0.717) is 40.7 Å². The van der Waals surface area contributed by atoms with Gasteiger partial charge in [-0.1, -0.05) is 32.0 Å². The number of carbonyl (C=O) groups is 2. The predicted octanol–water partition coefficient (Wildman–Crippen LogP) is 5.87. The van der Waals surface area contributed by atoms with Crippen molar-refractivity contribution in [3.05, 3.63) is 77.1 Å². The second-order valence-electron chi connectivity index (χ2n) is 9.13. The summed E-state index contributed by atoms with van der Waals surface area (Å²) in [7, 11) is 0. The highest BCUT2D eigenvalue weighted by Gasteiger charge is 2.30. The van der Waals surface area contributed by atoms with Crippen molar-refractivity contribution < 1.29 is 27.9 Å². The quantitative estimate of drug-likeness (QED) is 0.312. The van der Waals surface area contributed by atoms with Gasteiger partial charge in [0.25, 0.3) is 5.91 Å². The minimum Gasteiger partial charge on any atom is -0.481 e. The first kappa shape index (κ1) is 27.6. The molecule has 1 atom stereocenters. The van der Waals surface area contributed by atoms with E-state index in [0.717, 1.165) is 17.7 Å². The number of aryl methyl sites for hydroxylation is 1. The van der Waals surface area contributed by atoms with Crippen LogP contribution in [0.4, 0.5) is 19.0 Å². The maximum Gasteiger partial charge on any atom is 0.416 e. The van der Waals surface area contributed by atoms with Crippen LogP contribution in [0.3, 0.4) is 0 Å². The van der Waals surface area contributed by atoms with Gasteiger partial charge in [0, 0.05) is 18.3 Å². The Hall–Kier alpha value is -3.95. The van der Waals surface area contributed by atoms with E-state index in [1.165, 1.54) is 18.3 Å². The molecule has 3 N–H and O–H groups in total. The van der Waals surface area contributed by atoms with Crippen LogP contribution in [0.15, 0.2) is 54.7 Å². The monoisotopic (exact) mass is 514 g/mol. The molecule has 10 heteroatoms. The molecule has 2 aromatic heterocycles. The second kappa shape index (κ2) is 11.9. The van der Waals surface area contributed by atoms with Crippen molar-refractivity contribution in [1.29, 1.82) is 0 Å². The Bertz CT molecular complexity index is 1230. The van der Waals surface area contributed by atoms with Crippen LogP contribution in [0.25, 0.3) is 11.3 Å². The number of pyridine rings is 2. The molecule has 3 aromatic rings. The number of nitrogens with zero attached hydrogens (tertiary/aromatic N) is 2. The van der Waals surface area contributed by atoms with Crippen molar-refractivity contribution in [3.8, 4) is 11.3 Å². The van der Waals surface area contributed by atoms with E-state index >= 15 is 0 Å². The zero-order valence-electron chi connectivity index (χ0n) is 20.8. The number of hydrogen-bond acceptors (Lipinski definition) is 5. The smallest absolute Gasteiger partial charge is 0.416 e. The van der Waals surface area contributed by atoms with E-state index in [2.05, 4.69) is 29.5 Å². The maximum atomic E-state index is 13.0. The molecule has 3 rings (SSSR count). The van der Waals surface area contributed by atoms with E-state index in [1.807, 2.05) is 19.1 Å². The first-order valence-corrected chi connectivity index (χ1v) is 11.8. The van der Waals surface area contributed by atoms with Crippen LogP contribution in [0.2, 0.25) is 0 Å². The number of anilines is 1. The number of hydrogen-bond donors (Lipinski definition) is 3. The lowest BCUT2D eigenvalue weighted by Gasteiger charge is -2.22. The Balaban J connectivity index is 1.81. The van der Waals surface area contributed by atoms with E-state index in [-0.39, 0.29) is 19.0 Å². The van der Waals surface area contributed by atoms with E-state index < -0.39 is 23.6 Å². The Morgan fingerprint density at radius 3 is 2.30 bits per heavy atom. The molecule has 0 aliphatic rings. The average molecular weight is 515 g/mol. The average Bonchev–Trinajstić information content (AvgIpc) is 2.83. The summed E-state index contributed by atoms with van der Waals surface area (Å²) in [5.41, 5.74) is 2.33. The number of alkyl halides is 3. The standard InChI is InChI=1S/C27H29F3N4O3/c1-16(2)14-22(33-23-11-7-19(15-32-23)26(37)31-13-12-24(35)36)21-10-4-17(3)25(34-21)18-5-8-20(9-6-18)27(28,29)30/h4-11,15-16,22H,12-14H2,1-3H3,(H,31,37)(H,32,33)(H,35,36). The van der Waals surface area contributed by atoms with Gasteiger partial charge >= 0.3 is 12.1 Å². The number of benzene rings is 1. The normalized spacial score (nSPS) is 12.3. The third kappa shape index (κ3) is 7.77. The molecule has 0 aliphatic carbocycles. The van der Waals surface area contributed by atoms with Gasteiger partial charge in [-0.25, -0.2) is 4.98 Å². The van der Waals surface area contributed by atoms with Crippen molar-refractivity contribution in [3.63, 3.8) is 0 Å². The Labute approximate surface area is 213 Å². The molecule has 0 aliphatic heterocycles. The number of carboxylic acid groups (broad SMARTS) is 1. The molecule has 0 bridgehead atoms. The lowest BCUT2D eigenvalue weighted by Crippen LogP contribution is -2.26. The van der Waals surface area contributed by atoms with Crippen molar-refractivity contribution in [1.82, 2.24) is 15.3 Å². The van der Waals surface area contributed by atoms with E-state index in [9.17, 15) is 22.8 Å². The molecule has 0 saturated carbocycles. The number of rotatable bonds is 10. The summed E-state index contributed by atoms with van der Waals surface area (Å²) in [5, 5.41) is 14.6. The second-order valence-corrected chi connectivity index (χ2v) is 9.13. The third-order valence-corrected chi connectivity index (χ3v) is 5.64. The van der Waals surface area contributed by atoms with Crippen LogP contribution >= 0.6 is 0 Å². The van der Waals surface area contributed by atoms with Gasteiger partial charge in [-0.15, -0.1) is 0 Å². The molecule has 0 spiro atoms. The zero-order valence-corrected chi connectivity index (χ0v) is 20.8. The summed E-state index contributed by atoms with van der Waals surface area (Å²) in [6.07, 6.45) is -2.47. The Morgan fingerprint density at radius 2 is 1.73 bits per heavy atom. The summed E-state index contributed by atoms with van der Waals surface area (Å²) in [4.78, 5) is 31.9. The minimum absolute atomic E-state index is 0.0188. The molecule has 0 radical (unpaired) electrons. The number of carbonyl (C=O) groups excluding carboxylic acids is 1. The molecule has 0 fully saturated rings. The minimum atomic E-state index is -4.41. The third-order valence-electron chi connectivity index (χ3n) is 5.64. The van der Waals surface area contributed by atoms with Crippen molar-refractivity contribution in [2.45, 2.75) is 45.8 Å². The maximum absolute atomic E-state index is 13.0. The van der Waals surface area contributed by atoms with Crippen LogP contribution in [0.5, 0.6) is 0 Å². The van der Waals surface area contributed by atoms with Gasteiger partial charge in [0.1, 0.15) is 5.82 Å². The van der Waals surface area contributed by atoms with E-state index in [4.69, 9.17) is 10.1 Å². The highest BCUT2D eigenvalue weighted by atomic mass is 19.4. The molecular weight excluding hydrogens is 485 g/mol. The molecular formula is C27H29F3N4O3. The number of amides is 1. The fourth-order valence-corrected chi connectivity index (χ4v) is 3.75. The molecule has 0 saturated heterocycles. The highest BCUT2D eigenvalue weighted by molar-refractivity contribution is 5.94. The van der Waals surface area contributed by atoms with Gasteiger partial charge in [-0.2, -0.15) is 13.2 Å².